The molecule has 0 saturated heterocycles. The zero-order valence-electron chi connectivity index (χ0n) is 12.1. The molecule has 0 unspecified atom stereocenters. The molecule has 0 spiro atoms. The Bertz CT molecular complexity index is 555. The van der Waals surface area contributed by atoms with E-state index in [0.29, 0.717) is 11.6 Å². The normalized spacial score (nSPS) is 17.1. The van der Waals surface area contributed by atoms with E-state index in [0.717, 1.165) is 41.3 Å². The van der Waals surface area contributed by atoms with Crippen LogP contribution in [0.15, 0.2) is 16.6 Å². The quantitative estimate of drug-likeness (QED) is 0.866. The number of benzene rings is 1. The Morgan fingerprint density at radius 2 is 1.85 bits per heavy atom. The summed E-state index contributed by atoms with van der Waals surface area (Å²) in [6, 6.07) is 3.93. The van der Waals surface area contributed by atoms with Crippen molar-refractivity contribution in [3.63, 3.8) is 0 Å². The molecule has 3 nitrogen and oxygen atoms in total. The van der Waals surface area contributed by atoms with Gasteiger partial charge in [-0.15, -0.1) is 0 Å². The molecule has 0 heterocycles. The van der Waals surface area contributed by atoms with Crippen molar-refractivity contribution in [1.29, 1.82) is 0 Å². The lowest BCUT2D eigenvalue weighted by atomic mass is 9.91. The van der Waals surface area contributed by atoms with E-state index in [1.807, 2.05) is 26.0 Å². The van der Waals surface area contributed by atoms with Crippen LogP contribution in [-0.2, 0) is 10.0 Å². The zero-order chi connectivity index (χ0) is 14.8. The molecular formula is C15H22BrNO2S. The van der Waals surface area contributed by atoms with E-state index in [2.05, 4.69) is 20.7 Å². The van der Waals surface area contributed by atoms with Crippen molar-refractivity contribution in [2.75, 3.05) is 10.5 Å². The van der Waals surface area contributed by atoms with Gasteiger partial charge in [0, 0.05) is 4.47 Å². The summed E-state index contributed by atoms with van der Waals surface area (Å²) < 4.78 is 28.2. The predicted molar refractivity (Wildman–Crippen MR) is 87.6 cm³/mol. The van der Waals surface area contributed by atoms with Gasteiger partial charge >= 0.3 is 0 Å². The second-order valence-corrected chi connectivity index (χ2v) is 8.45. The van der Waals surface area contributed by atoms with Crippen LogP contribution in [0.3, 0.4) is 0 Å². The van der Waals surface area contributed by atoms with Crippen LogP contribution in [0.4, 0.5) is 5.69 Å². The van der Waals surface area contributed by atoms with Gasteiger partial charge in [-0.05, 0) is 65.7 Å². The Kier molecular flexibility index (Phi) is 5.13. The summed E-state index contributed by atoms with van der Waals surface area (Å²) in [5.41, 5.74) is 2.74. The average molecular weight is 360 g/mol. The second-order valence-electron chi connectivity index (χ2n) is 5.83. The molecule has 0 amide bonds. The number of anilines is 1. The van der Waals surface area contributed by atoms with Crippen LogP contribution in [0.5, 0.6) is 0 Å². The minimum atomic E-state index is -3.27. The van der Waals surface area contributed by atoms with Crippen LogP contribution in [0.25, 0.3) is 0 Å². The molecule has 2 rings (SSSR count). The first-order valence-electron chi connectivity index (χ1n) is 7.14. The highest BCUT2D eigenvalue weighted by Gasteiger charge is 2.22. The number of halogens is 1. The van der Waals surface area contributed by atoms with Gasteiger partial charge in [0.15, 0.2) is 0 Å². The summed E-state index contributed by atoms with van der Waals surface area (Å²) in [6.07, 6.45) is 5.64. The van der Waals surface area contributed by atoms with Crippen LogP contribution in [-0.4, -0.2) is 14.2 Å². The molecule has 20 heavy (non-hydrogen) atoms. The van der Waals surface area contributed by atoms with Crippen molar-refractivity contribution in [2.24, 2.45) is 5.92 Å². The fraction of sp³-hybridized carbons (Fsp3) is 0.600. The highest BCUT2D eigenvalue weighted by Crippen LogP contribution is 2.30. The molecule has 1 aromatic rings. The van der Waals surface area contributed by atoms with E-state index in [-0.39, 0.29) is 5.75 Å². The maximum Gasteiger partial charge on any atom is 0.233 e. The third-order valence-corrected chi connectivity index (χ3v) is 5.92. The van der Waals surface area contributed by atoms with Gasteiger partial charge in [-0.25, -0.2) is 8.42 Å². The molecule has 1 aromatic carbocycles. The van der Waals surface area contributed by atoms with E-state index < -0.39 is 10.0 Å². The molecule has 1 N–H and O–H groups in total. The summed E-state index contributed by atoms with van der Waals surface area (Å²) in [6.45, 7) is 3.92. The minimum Gasteiger partial charge on any atom is -0.282 e. The number of nitrogens with one attached hydrogen (secondary N) is 1. The largest absolute Gasteiger partial charge is 0.282 e. The maximum atomic E-state index is 12.3. The Hall–Kier alpha value is -0.550. The van der Waals surface area contributed by atoms with Crippen molar-refractivity contribution < 1.29 is 8.42 Å². The first kappa shape index (κ1) is 15.8. The lowest BCUT2D eigenvalue weighted by Crippen LogP contribution is -2.24. The van der Waals surface area contributed by atoms with Crippen LogP contribution in [0, 0.1) is 19.8 Å². The zero-order valence-corrected chi connectivity index (χ0v) is 14.5. The van der Waals surface area contributed by atoms with E-state index in [1.165, 1.54) is 6.42 Å². The first-order valence-corrected chi connectivity index (χ1v) is 9.59. The summed E-state index contributed by atoms with van der Waals surface area (Å²) in [4.78, 5) is 0. The predicted octanol–water partition coefficient (Wildman–Crippen LogP) is 4.39. The summed E-state index contributed by atoms with van der Waals surface area (Å²) in [7, 11) is -3.27. The number of hydrogen-bond acceptors (Lipinski definition) is 2. The van der Waals surface area contributed by atoms with Gasteiger partial charge in [0.2, 0.25) is 10.0 Å². The molecule has 1 aliphatic rings. The van der Waals surface area contributed by atoms with Crippen molar-refractivity contribution in [2.45, 2.75) is 46.0 Å². The topological polar surface area (TPSA) is 46.2 Å². The highest BCUT2D eigenvalue weighted by molar-refractivity contribution is 9.10. The SMILES string of the molecule is Cc1cc(C)c(NS(=O)(=O)CC2CCCCC2)c(Br)c1. The van der Waals surface area contributed by atoms with Gasteiger partial charge in [-0.1, -0.05) is 25.3 Å². The molecule has 0 atom stereocenters. The first-order chi connectivity index (χ1) is 9.37. The molecular weight excluding hydrogens is 338 g/mol. The smallest absolute Gasteiger partial charge is 0.233 e. The van der Waals surface area contributed by atoms with Gasteiger partial charge in [0.05, 0.1) is 11.4 Å². The Labute approximate surface area is 130 Å². The van der Waals surface area contributed by atoms with E-state index in [4.69, 9.17) is 0 Å². The number of hydrogen-bond donors (Lipinski definition) is 1. The molecule has 5 heteroatoms. The molecule has 0 radical (unpaired) electrons. The third-order valence-electron chi connectivity index (χ3n) is 3.87. The van der Waals surface area contributed by atoms with Crippen molar-refractivity contribution in [3.05, 3.63) is 27.7 Å². The van der Waals surface area contributed by atoms with Gasteiger partial charge in [-0.3, -0.25) is 4.72 Å². The number of rotatable bonds is 4. The standard InChI is InChI=1S/C15H22BrNO2S/c1-11-8-12(2)15(14(16)9-11)17-20(18,19)10-13-6-4-3-5-7-13/h8-9,13,17H,3-7,10H2,1-2H3. The number of aryl methyl sites for hydroxylation is 2. The molecule has 0 aromatic heterocycles. The summed E-state index contributed by atoms with van der Waals surface area (Å²) >= 11 is 3.45. The van der Waals surface area contributed by atoms with Crippen LogP contribution < -0.4 is 4.72 Å². The fourth-order valence-corrected chi connectivity index (χ4v) is 5.43. The van der Waals surface area contributed by atoms with Crippen molar-refractivity contribution >= 4 is 31.6 Å². The van der Waals surface area contributed by atoms with Crippen LogP contribution >= 0.6 is 15.9 Å². The van der Waals surface area contributed by atoms with Crippen LogP contribution in [0.1, 0.15) is 43.2 Å². The van der Waals surface area contributed by atoms with E-state index in [1.54, 1.807) is 0 Å². The number of sulfonamides is 1. The Morgan fingerprint density at radius 1 is 1.20 bits per heavy atom. The summed E-state index contributed by atoms with van der Waals surface area (Å²) in [5.74, 6) is 0.554. The third kappa shape index (κ3) is 4.22. The molecule has 0 aliphatic heterocycles. The van der Waals surface area contributed by atoms with Crippen LogP contribution in [0.2, 0.25) is 0 Å². The molecule has 0 bridgehead atoms. The molecule has 1 fully saturated rings. The van der Waals surface area contributed by atoms with Gasteiger partial charge in [0.1, 0.15) is 0 Å². The van der Waals surface area contributed by atoms with Gasteiger partial charge in [0.25, 0.3) is 0 Å². The molecule has 112 valence electrons. The van der Waals surface area contributed by atoms with Gasteiger partial charge in [-0.2, -0.15) is 0 Å². The molecule has 1 aliphatic carbocycles. The monoisotopic (exact) mass is 359 g/mol. The minimum absolute atomic E-state index is 0.243. The second kappa shape index (κ2) is 6.48. The molecule has 1 saturated carbocycles. The van der Waals surface area contributed by atoms with Gasteiger partial charge < -0.3 is 0 Å². The lowest BCUT2D eigenvalue weighted by Gasteiger charge is -2.22. The fourth-order valence-electron chi connectivity index (χ4n) is 2.91. The highest BCUT2D eigenvalue weighted by atomic mass is 79.9. The maximum absolute atomic E-state index is 12.3. The van der Waals surface area contributed by atoms with E-state index >= 15 is 0 Å². The average Bonchev–Trinajstić information content (AvgIpc) is 2.34. The Morgan fingerprint density at radius 3 is 2.45 bits per heavy atom. The van der Waals surface area contributed by atoms with Crippen molar-refractivity contribution in [1.82, 2.24) is 0 Å². The van der Waals surface area contributed by atoms with E-state index in [9.17, 15) is 8.42 Å². The summed E-state index contributed by atoms with van der Waals surface area (Å²) in [5, 5.41) is 0. The Balaban J connectivity index is 2.11. The van der Waals surface area contributed by atoms with Crippen molar-refractivity contribution in [3.8, 4) is 0 Å². The lowest BCUT2D eigenvalue weighted by molar-refractivity contribution is 0.385.